The van der Waals surface area contributed by atoms with Gasteiger partial charge in [0.05, 0.1) is 18.2 Å². The highest BCUT2D eigenvalue weighted by molar-refractivity contribution is 5.92. The molecule has 80 valence electrons. The maximum Gasteiger partial charge on any atom is 0.231 e. The fourth-order valence-electron chi connectivity index (χ4n) is 1.66. The first-order valence-corrected chi connectivity index (χ1v) is 4.96. The van der Waals surface area contributed by atoms with Crippen LogP contribution in [0.25, 0.3) is 0 Å². The quantitative estimate of drug-likeness (QED) is 0.780. The van der Waals surface area contributed by atoms with Crippen LogP contribution in [-0.4, -0.2) is 28.6 Å². The van der Waals surface area contributed by atoms with Crippen LogP contribution < -0.4 is 5.32 Å². The Kier molecular flexibility index (Phi) is 2.91. The Morgan fingerprint density at radius 2 is 2.47 bits per heavy atom. The highest BCUT2D eigenvalue weighted by Crippen LogP contribution is 2.21. The van der Waals surface area contributed by atoms with E-state index >= 15 is 0 Å². The second-order valence-corrected chi connectivity index (χ2v) is 3.55. The van der Waals surface area contributed by atoms with E-state index in [1.807, 2.05) is 6.92 Å². The molecule has 0 radical (unpaired) electrons. The summed E-state index contributed by atoms with van der Waals surface area (Å²) in [4.78, 5) is 19.6. The maximum atomic E-state index is 11.8. The molecule has 0 aliphatic carbocycles. The first kappa shape index (κ1) is 10.0. The van der Waals surface area contributed by atoms with E-state index in [4.69, 9.17) is 4.74 Å². The number of rotatable bonds is 2. The number of ether oxygens (including phenoxy) is 1. The van der Waals surface area contributed by atoms with Crippen LogP contribution in [0.2, 0.25) is 0 Å². The van der Waals surface area contributed by atoms with Crippen LogP contribution in [0.3, 0.4) is 0 Å². The van der Waals surface area contributed by atoms with Crippen LogP contribution >= 0.6 is 0 Å². The standard InChI is InChI=1S/C10H13N3O2/c1-7-8(2-5-15-7)10(14)13-9-6-11-3-4-12-9/h3-4,6-8H,2,5H2,1H3,(H,12,13,14)/t7-,8+/m0/s1. The van der Waals surface area contributed by atoms with Gasteiger partial charge in [-0.2, -0.15) is 0 Å². The van der Waals surface area contributed by atoms with Crippen molar-refractivity contribution < 1.29 is 9.53 Å². The Morgan fingerprint density at radius 1 is 1.60 bits per heavy atom. The van der Waals surface area contributed by atoms with Crippen molar-refractivity contribution in [1.29, 1.82) is 0 Å². The summed E-state index contributed by atoms with van der Waals surface area (Å²) >= 11 is 0. The van der Waals surface area contributed by atoms with E-state index in [9.17, 15) is 4.79 Å². The number of amides is 1. The molecule has 1 saturated heterocycles. The van der Waals surface area contributed by atoms with Crippen molar-refractivity contribution in [1.82, 2.24) is 9.97 Å². The summed E-state index contributed by atoms with van der Waals surface area (Å²) in [6, 6.07) is 0. The molecule has 0 aromatic carbocycles. The average Bonchev–Trinajstić information content (AvgIpc) is 2.66. The summed E-state index contributed by atoms with van der Waals surface area (Å²) in [6.07, 6.45) is 5.40. The topological polar surface area (TPSA) is 64.1 Å². The molecule has 1 aromatic heterocycles. The molecule has 5 nitrogen and oxygen atoms in total. The minimum Gasteiger partial charge on any atom is -0.378 e. The van der Waals surface area contributed by atoms with Crippen molar-refractivity contribution >= 4 is 11.7 Å². The number of hydrogen-bond acceptors (Lipinski definition) is 4. The fourth-order valence-corrected chi connectivity index (χ4v) is 1.66. The first-order chi connectivity index (χ1) is 7.27. The molecular weight excluding hydrogens is 194 g/mol. The van der Waals surface area contributed by atoms with Crippen LogP contribution in [0, 0.1) is 5.92 Å². The van der Waals surface area contributed by atoms with Crippen molar-refractivity contribution in [3.8, 4) is 0 Å². The third-order valence-corrected chi connectivity index (χ3v) is 2.53. The van der Waals surface area contributed by atoms with Crippen molar-refractivity contribution in [3.63, 3.8) is 0 Å². The molecular formula is C10H13N3O2. The van der Waals surface area contributed by atoms with Gasteiger partial charge in [0.25, 0.3) is 0 Å². The molecule has 0 saturated carbocycles. The zero-order valence-electron chi connectivity index (χ0n) is 8.51. The van der Waals surface area contributed by atoms with Gasteiger partial charge in [-0.15, -0.1) is 0 Å². The molecule has 1 aliphatic rings. The third kappa shape index (κ3) is 2.30. The predicted molar refractivity (Wildman–Crippen MR) is 54.2 cm³/mol. The lowest BCUT2D eigenvalue weighted by Gasteiger charge is -2.12. The van der Waals surface area contributed by atoms with Crippen molar-refractivity contribution in [2.45, 2.75) is 19.4 Å². The van der Waals surface area contributed by atoms with Gasteiger partial charge < -0.3 is 10.1 Å². The molecule has 1 fully saturated rings. The normalized spacial score (nSPS) is 25.1. The second kappa shape index (κ2) is 4.35. The van der Waals surface area contributed by atoms with Gasteiger partial charge in [0.15, 0.2) is 5.82 Å². The SMILES string of the molecule is C[C@@H]1OCC[C@H]1C(=O)Nc1cnccn1. The van der Waals surface area contributed by atoms with Gasteiger partial charge in [-0.3, -0.25) is 9.78 Å². The minimum atomic E-state index is -0.0768. The van der Waals surface area contributed by atoms with Crippen molar-refractivity contribution in [2.75, 3.05) is 11.9 Å². The number of hydrogen-bond donors (Lipinski definition) is 1. The van der Waals surface area contributed by atoms with Crippen molar-refractivity contribution in [2.24, 2.45) is 5.92 Å². The molecule has 1 amide bonds. The van der Waals surface area contributed by atoms with E-state index in [2.05, 4.69) is 15.3 Å². The lowest BCUT2D eigenvalue weighted by Crippen LogP contribution is -2.28. The zero-order valence-corrected chi connectivity index (χ0v) is 8.51. The van der Waals surface area contributed by atoms with Crippen LogP contribution in [0.5, 0.6) is 0 Å². The monoisotopic (exact) mass is 207 g/mol. The van der Waals surface area contributed by atoms with E-state index in [0.717, 1.165) is 6.42 Å². The molecule has 2 heterocycles. The fraction of sp³-hybridized carbons (Fsp3) is 0.500. The van der Waals surface area contributed by atoms with Crippen LogP contribution in [0.1, 0.15) is 13.3 Å². The molecule has 15 heavy (non-hydrogen) atoms. The third-order valence-electron chi connectivity index (χ3n) is 2.53. The molecule has 2 rings (SSSR count). The van der Waals surface area contributed by atoms with E-state index in [1.165, 1.54) is 6.20 Å². The van der Waals surface area contributed by atoms with Gasteiger partial charge in [-0.25, -0.2) is 4.98 Å². The average molecular weight is 207 g/mol. The summed E-state index contributed by atoms with van der Waals surface area (Å²) in [6.45, 7) is 2.56. The highest BCUT2D eigenvalue weighted by atomic mass is 16.5. The summed E-state index contributed by atoms with van der Waals surface area (Å²) in [5, 5.41) is 2.72. The molecule has 2 atom stereocenters. The molecule has 5 heteroatoms. The van der Waals surface area contributed by atoms with E-state index < -0.39 is 0 Å². The smallest absolute Gasteiger partial charge is 0.231 e. The number of anilines is 1. The lowest BCUT2D eigenvalue weighted by molar-refractivity contribution is -0.121. The van der Waals surface area contributed by atoms with E-state index in [-0.39, 0.29) is 17.9 Å². The van der Waals surface area contributed by atoms with Gasteiger partial charge in [-0.1, -0.05) is 0 Å². The number of carbonyl (C=O) groups excluding carboxylic acids is 1. The second-order valence-electron chi connectivity index (χ2n) is 3.55. The summed E-state index contributed by atoms with van der Waals surface area (Å²) in [5.74, 6) is 0.370. The zero-order chi connectivity index (χ0) is 10.7. The number of aromatic nitrogens is 2. The summed E-state index contributed by atoms with van der Waals surface area (Å²) in [5.41, 5.74) is 0. The minimum absolute atomic E-state index is 0.0123. The Bertz CT molecular complexity index is 342. The van der Waals surface area contributed by atoms with Gasteiger partial charge in [0.2, 0.25) is 5.91 Å². The van der Waals surface area contributed by atoms with Crippen molar-refractivity contribution in [3.05, 3.63) is 18.6 Å². The maximum absolute atomic E-state index is 11.8. The molecule has 1 aliphatic heterocycles. The summed E-state index contributed by atoms with van der Waals surface area (Å²) in [7, 11) is 0. The molecule has 1 aromatic rings. The molecule has 0 unspecified atom stereocenters. The van der Waals surface area contributed by atoms with Gasteiger partial charge in [0.1, 0.15) is 0 Å². The highest BCUT2D eigenvalue weighted by Gasteiger charge is 2.30. The predicted octanol–water partition coefficient (Wildman–Crippen LogP) is 0.840. The van der Waals surface area contributed by atoms with Crippen LogP contribution in [0.15, 0.2) is 18.6 Å². The van der Waals surface area contributed by atoms with Gasteiger partial charge in [-0.05, 0) is 13.3 Å². The Morgan fingerprint density at radius 3 is 3.07 bits per heavy atom. The number of nitrogens with one attached hydrogen (secondary N) is 1. The Hall–Kier alpha value is -1.49. The molecule has 0 bridgehead atoms. The van der Waals surface area contributed by atoms with E-state index in [1.54, 1.807) is 12.4 Å². The first-order valence-electron chi connectivity index (χ1n) is 4.96. The lowest BCUT2D eigenvalue weighted by atomic mass is 10.0. The molecule has 0 spiro atoms. The largest absolute Gasteiger partial charge is 0.378 e. The van der Waals surface area contributed by atoms with E-state index in [0.29, 0.717) is 12.4 Å². The summed E-state index contributed by atoms with van der Waals surface area (Å²) < 4.78 is 5.33. The number of carbonyl (C=O) groups is 1. The van der Waals surface area contributed by atoms with Gasteiger partial charge >= 0.3 is 0 Å². The van der Waals surface area contributed by atoms with Crippen LogP contribution in [0.4, 0.5) is 5.82 Å². The van der Waals surface area contributed by atoms with Gasteiger partial charge in [0, 0.05) is 19.0 Å². The Balaban J connectivity index is 1.98. The Labute approximate surface area is 87.9 Å². The molecule has 1 N–H and O–H groups in total. The van der Waals surface area contributed by atoms with Crippen LogP contribution in [-0.2, 0) is 9.53 Å². The number of nitrogens with zero attached hydrogens (tertiary/aromatic N) is 2.